The second kappa shape index (κ2) is 8.51. The predicted octanol–water partition coefficient (Wildman–Crippen LogP) is 2.84. The number of para-hydroxylation sites is 1. The Balaban J connectivity index is 1.46. The maximum atomic E-state index is 13.4. The van der Waals surface area contributed by atoms with E-state index in [9.17, 15) is 14.7 Å². The molecule has 3 aliphatic heterocycles. The predicted molar refractivity (Wildman–Crippen MR) is 134 cm³/mol. The van der Waals surface area contributed by atoms with Crippen LogP contribution in [0.2, 0.25) is 0 Å². The van der Waals surface area contributed by atoms with Gasteiger partial charge in [0.25, 0.3) is 5.91 Å². The molecule has 0 saturated heterocycles. The van der Waals surface area contributed by atoms with Crippen molar-refractivity contribution < 1.29 is 24.2 Å². The van der Waals surface area contributed by atoms with Crippen LogP contribution in [0.4, 0.5) is 0 Å². The van der Waals surface area contributed by atoms with Crippen molar-refractivity contribution in [2.24, 2.45) is 10.7 Å². The van der Waals surface area contributed by atoms with Crippen LogP contribution in [-0.4, -0.2) is 51.6 Å². The van der Waals surface area contributed by atoms with Crippen molar-refractivity contribution in [3.63, 3.8) is 0 Å². The molecule has 2 aromatic carbocycles. The molecule has 5 rings (SSSR count). The lowest BCUT2D eigenvalue weighted by molar-refractivity contribution is -0.134. The summed E-state index contributed by atoms with van der Waals surface area (Å²) >= 11 is 0. The number of aliphatic hydroxyl groups is 1. The normalized spacial score (nSPS) is 26.0. The van der Waals surface area contributed by atoms with Gasteiger partial charge in [0.05, 0.1) is 24.0 Å². The molecular weight excluding hydrogens is 460 g/mol. The molecule has 3 heterocycles. The number of nitrogens with zero attached hydrogens (tertiary/aromatic N) is 2. The number of aliphatic hydroxyl groups excluding tert-OH is 1. The summed E-state index contributed by atoms with van der Waals surface area (Å²) in [5, 5.41) is 14.0. The third-order valence-electron chi connectivity index (χ3n) is 6.84. The van der Waals surface area contributed by atoms with Gasteiger partial charge in [0.15, 0.2) is 5.96 Å². The first-order chi connectivity index (χ1) is 16.9. The molecular formula is C27H32N4O5. The van der Waals surface area contributed by atoms with E-state index in [2.05, 4.69) is 10.3 Å². The fraction of sp³-hybridized carbons (Fsp3) is 0.444. The maximum absolute atomic E-state index is 13.4. The van der Waals surface area contributed by atoms with Crippen molar-refractivity contribution in [1.29, 1.82) is 0 Å². The van der Waals surface area contributed by atoms with Crippen molar-refractivity contribution >= 4 is 17.8 Å². The number of fused-ring (bicyclic) bond motifs is 2. The lowest BCUT2D eigenvalue weighted by atomic mass is 9.89. The Hall–Kier alpha value is -3.59. The standard InChI is InChI=1S/C27H32N4O5/c1-26(2)13-22(33)31(25(28)30-26)23-17-11-15(9-10-20(17)35-14-19(23)32)24(34)29-18-12-27(3,4)36-21-8-6-5-7-16(18)21/h5-11,18-19,23,32H,12-14H2,1-4H3,(H2,28,30)(H,29,34)/t18-,19?,23?/m0/s1. The Morgan fingerprint density at radius 1 is 1.14 bits per heavy atom. The van der Waals surface area contributed by atoms with Crippen molar-refractivity contribution in [2.45, 2.75) is 69.9 Å². The van der Waals surface area contributed by atoms with Crippen LogP contribution in [0.3, 0.4) is 0 Å². The van der Waals surface area contributed by atoms with Gasteiger partial charge in [0, 0.05) is 23.1 Å². The van der Waals surface area contributed by atoms with E-state index in [4.69, 9.17) is 15.2 Å². The zero-order valence-corrected chi connectivity index (χ0v) is 20.9. The molecule has 36 heavy (non-hydrogen) atoms. The molecule has 2 aromatic rings. The molecule has 9 nitrogen and oxygen atoms in total. The zero-order chi connectivity index (χ0) is 25.8. The number of guanidine groups is 1. The largest absolute Gasteiger partial charge is 0.490 e. The SMILES string of the molecule is CC1(C)CC(=O)N(C2c3cc(C(=O)N[C@H]4CC(C)(C)Oc5ccccc54)ccc3OCC2O)C(N)=N1. The zero-order valence-electron chi connectivity index (χ0n) is 20.9. The lowest BCUT2D eigenvalue weighted by Gasteiger charge is -2.41. The van der Waals surface area contributed by atoms with Gasteiger partial charge >= 0.3 is 0 Å². The smallest absolute Gasteiger partial charge is 0.251 e. The molecule has 0 bridgehead atoms. The number of benzene rings is 2. The van der Waals surface area contributed by atoms with E-state index in [1.807, 2.05) is 52.0 Å². The molecule has 2 unspecified atom stereocenters. The molecule has 0 aliphatic carbocycles. The van der Waals surface area contributed by atoms with E-state index in [0.717, 1.165) is 11.3 Å². The van der Waals surface area contributed by atoms with Gasteiger partial charge in [-0.15, -0.1) is 0 Å². The average Bonchev–Trinajstić information content (AvgIpc) is 2.78. The van der Waals surface area contributed by atoms with E-state index >= 15 is 0 Å². The van der Waals surface area contributed by atoms with Gasteiger partial charge in [0.2, 0.25) is 5.91 Å². The molecule has 190 valence electrons. The van der Waals surface area contributed by atoms with Crippen LogP contribution in [0.5, 0.6) is 11.5 Å². The van der Waals surface area contributed by atoms with Gasteiger partial charge in [-0.05, 0) is 52.0 Å². The Morgan fingerprint density at radius 2 is 1.89 bits per heavy atom. The number of carbonyl (C=O) groups excluding carboxylic acids is 2. The Bertz CT molecular complexity index is 1250. The second-order valence-electron chi connectivity index (χ2n) is 10.9. The highest BCUT2D eigenvalue weighted by Crippen LogP contribution is 2.41. The molecule has 4 N–H and O–H groups in total. The number of hydrogen-bond donors (Lipinski definition) is 3. The summed E-state index contributed by atoms with van der Waals surface area (Å²) in [5.41, 5.74) is 6.96. The number of aliphatic imine (C=N–C) groups is 1. The first-order valence-electron chi connectivity index (χ1n) is 12.2. The molecule has 0 fully saturated rings. The summed E-state index contributed by atoms with van der Waals surface area (Å²) in [6.45, 7) is 7.65. The lowest BCUT2D eigenvalue weighted by Crippen LogP contribution is -2.55. The van der Waals surface area contributed by atoms with Crippen LogP contribution in [0, 0.1) is 0 Å². The molecule has 0 spiro atoms. The van der Waals surface area contributed by atoms with Crippen molar-refractivity contribution in [2.75, 3.05) is 6.61 Å². The molecule has 3 atom stereocenters. The maximum Gasteiger partial charge on any atom is 0.251 e. The number of carbonyl (C=O) groups is 2. The van der Waals surface area contributed by atoms with E-state index in [1.165, 1.54) is 4.90 Å². The Morgan fingerprint density at radius 3 is 2.64 bits per heavy atom. The van der Waals surface area contributed by atoms with Crippen molar-refractivity contribution in [3.8, 4) is 11.5 Å². The highest BCUT2D eigenvalue weighted by Gasteiger charge is 2.43. The summed E-state index contributed by atoms with van der Waals surface area (Å²) in [4.78, 5) is 32.3. The molecule has 0 aromatic heterocycles. The molecule has 3 aliphatic rings. The van der Waals surface area contributed by atoms with Crippen molar-refractivity contribution in [3.05, 3.63) is 59.2 Å². The van der Waals surface area contributed by atoms with Gasteiger partial charge in [0.1, 0.15) is 29.8 Å². The van der Waals surface area contributed by atoms with Crippen LogP contribution in [-0.2, 0) is 4.79 Å². The van der Waals surface area contributed by atoms with Crippen LogP contribution in [0.25, 0.3) is 0 Å². The van der Waals surface area contributed by atoms with E-state index in [1.54, 1.807) is 18.2 Å². The van der Waals surface area contributed by atoms with E-state index in [-0.39, 0.29) is 36.8 Å². The molecule has 9 heteroatoms. The fourth-order valence-electron chi connectivity index (χ4n) is 5.29. The minimum Gasteiger partial charge on any atom is -0.490 e. The third-order valence-corrected chi connectivity index (χ3v) is 6.84. The number of hydrogen-bond acceptors (Lipinski definition) is 7. The van der Waals surface area contributed by atoms with Crippen LogP contribution < -0.4 is 20.5 Å². The van der Waals surface area contributed by atoms with Gasteiger partial charge in [-0.25, -0.2) is 4.99 Å². The number of nitrogens with two attached hydrogens (primary N) is 1. The molecule has 0 radical (unpaired) electrons. The molecule has 0 saturated carbocycles. The van der Waals surface area contributed by atoms with Gasteiger partial charge < -0.3 is 25.6 Å². The first-order valence-corrected chi connectivity index (χ1v) is 12.2. The average molecular weight is 493 g/mol. The number of ether oxygens (including phenoxy) is 2. The van der Waals surface area contributed by atoms with E-state index < -0.39 is 23.3 Å². The number of amides is 2. The summed E-state index contributed by atoms with van der Waals surface area (Å²) < 4.78 is 11.8. The van der Waals surface area contributed by atoms with Crippen LogP contribution in [0.1, 0.15) is 74.1 Å². The Kier molecular flexibility index (Phi) is 5.70. The van der Waals surface area contributed by atoms with Crippen LogP contribution in [0.15, 0.2) is 47.5 Å². The summed E-state index contributed by atoms with van der Waals surface area (Å²) in [6, 6.07) is 11.7. The van der Waals surface area contributed by atoms with Gasteiger partial charge in [-0.3, -0.25) is 14.5 Å². The van der Waals surface area contributed by atoms with Crippen molar-refractivity contribution in [1.82, 2.24) is 10.2 Å². The monoisotopic (exact) mass is 492 g/mol. The minimum absolute atomic E-state index is 0.00238. The summed E-state index contributed by atoms with van der Waals surface area (Å²) in [7, 11) is 0. The Labute approximate surface area is 210 Å². The number of nitrogens with one attached hydrogen (secondary N) is 1. The highest BCUT2D eigenvalue weighted by atomic mass is 16.5. The first kappa shape index (κ1) is 24.1. The molecule has 2 amide bonds. The van der Waals surface area contributed by atoms with E-state index in [0.29, 0.717) is 23.3 Å². The minimum atomic E-state index is -1.03. The quantitative estimate of drug-likeness (QED) is 0.605. The third kappa shape index (κ3) is 4.39. The van der Waals surface area contributed by atoms with Gasteiger partial charge in [-0.2, -0.15) is 0 Å². The van der Waals surface area contributed by atoms with Crippen LogP contribution >= 0.6 is 0 Å². The number of rotatable bonds is 3. The summed E-state index contributed by atoms with van der Waals surface area (Å²) in [5.74, 6) is 0.776. The topological polar surface area (TPSA) is 126 Å². The van der Waals surface area contributed by atoms with Gasteiger partial charge in [-0.1, -0.05) is 18.2 Å². The summed E-state index contributed by atoms with van der Waals surface area (Å²) in [6.07, 6.45) is -0.263. The fourth-order valence-corrected chi connectivity index (χ4v) is 5.29. The highest BCUT2D eigenvalue weighted by molar-refractivity contribution is 6.00. The second-order valence-corrected chi connectivity index (χ2v) is 10.9.